The summed E-state index contributed by atoms with van der Waals surface area (Å²) in [5.74, 6) is 0.188. The molecule has 2 unspecified atom stereocenters. The van der Waals surface area contributed by atoms with Crippen molar-refractivity contribution >= 4 is 5.91 Å². The van der Waals surface area contributed by atoms with Crippen molar-refractivity contribution in [2.45, 2.75) is 58.7 Å². The second kappa shape index (κ2) is 7.83. The Hall–Kier alpha value is -2.14. The number of nitrogens with one attached hydrogen (secondary N) is 1. The molecule has 1 saturated carbocycles. The van der Waals surface area contributed by atoms with Crippen molar-refractivity contribution in [1.82, 2.24) is 15.1 Å². The van der Waals surface area contributed by atoms with Crippen molar-refractivity contribution in [3.63, 3.8) is 0 Å². The van der Waals surface area contributed by atoms with Gasteiger partial charge in [-0.25, -0.2) is 0 Å². The lowest BCUT2D eigenvalue weighted by molar-refractivity contribution is -0.126. The highest BCUT2D eigenvalue weighted by Gasteiger charge is 2.25. The highest BCUT2D eigenvalue weighted by atomic mass is 16.1. The topological polar surface area (TPSA) is 72.9 Å². The fourth-order valence-corrected chi connectivity index (χ4v) is 3.69. The van der Waals surface area contributed by atoms with Crippen LogP contribution < -0.4 is 11.1 Å². The van der Waals surface area contributed by atoms with Crippen LogP contribution in [0, 0.1) is 19.8 Å². The third-order valence-electron chi connectivity index (χ3n) is 5.23. The molecule has 1 aliphatic rings. The van der Waals surface area contributed by atoms with Crippen LogP contribution >= 0.6 is 0 Å². The van der Waals surface area contributed by atoms with Crippen LogP contribution in [0.2, 0.25) is 0 Å². The minimum Gasteiger partial charge on any atom is -0.352 e. The van der Waals surface area contributed by atoms with E-state index in [4.69, 9.17) is 5.73 Å². The van der Waals surface area contributed by atoms with Gasteiger partial charge in [0.1, 0.15) is 0 Å². The molecular weight excluding hydrogens is 312 g/mol. The fraction of sp³-hybridized carbons (Fsp3) is 0.500. The highest BCUT2D eigenvalue weighted by molar-refractivity contribution is 5.78. The molecule has 1 aromatic carbocycles. The Bertz CT molecular complexity index is 723. The van der Waals surface area contributed by atoms with Crippen LogP contribution in [0.25, 0.3) is 0 Å². The summed E-state index contributed by atoms with van der Waals surface area (Å²) in [6.45, 7) is 5.36. The summed E-state index contributed by atoms with van der Waals surface area (Å²) in [5.41, 5.74) is 10.4. The molecule has 1 amide bonds. The number of benzene rings is 1. The zero-order valence-corrected chi connectivity index (χ0v) is 15.2. The fourth-order valence-electron chi connectivity index (χ4n) is 3.69. The minimum absolute atomic E-state index is 0.0590. The molecule has 5 heteroatoms. The maximum atomic E-state index is 12.4. The van der Waals surface area contributed by atoms with E-state index in [1.807, 2.05) is 29.8 Å². The third kappa shape index (κ3) is 4.28. The van der Waals surface area contributed by atoms with Gasteiger partial charge in [-0.1, -0.05) is 36.8 Å². The Kier molecular flexibility index (Phi) is 5.53. The van der Waals surface area contributed by atoms with Gasteiger partial charge in [-0.2, -0.15) is 5.10 Å². The Balaban J connectivity index is 1.63. The molecule has 3 rings (SSSR count). The minimum atomic E-state index is 0.0590. The summed E-state index contributed by atoms with van der Waals surface area (Å²) in [6.07, 6.45) is 3.84. The standard InChI is InChI=1S/C20H28N4O/c1-14-19(12-22-20(25)17-9-6-10-18(21)11-17)15(2)24(23-14)13-16-7-4-3-5-8-16/h3-5,7-8,17-18H,6,9-13,21H2,1-2H3,(H,22,25). The summed E-state index contributed by atoms with van der Waals surface area (Å²) in [4.78, 5) is 12.4. The maximum absolute atomic E-state index is 12.4. The predicted octanol–water partition coefficient (Wildman–Crippen LogP) is 2.68. The number of carbonyl (C=O) groups excluding carboxylic acids is 1. The second-order valence-corrected chi connectivity index (χ2v) is 7.13. The SMILES string of the molecule is Cc1nn(Cc2ccccc2)c(C)c1CNC(=O)C1CCCC(N)C1. The van der Waals surface area contributed by atoms with Crippen LogP contribution in [-0.2, 0) is 17.9 Å². The van der Waals surface area contributed by atoms with Gasteiger partial charge in [-0.15, -0.1) is 0 Å². The lowest BCUT2D eigenvalue weighted by Crippen LogP contribution is -2.37. The first-order chi connectivity index (χ1) is 12.0. The van der Waals surface area contributed by atoms with Crippen LogP contribution in [0.5, 0.6) is 0 Å². The van der Waals surface area contributed by atoms with E-state index < -0.39 is 0 Å². The molecule has 25 heavy (non-hydrogen) atoms. The number of hydrogen-bond acceptors (Lipinski definition) is 3. The number of carbonyl (C=O) groups is 1. The van der Waals surface area contributed by atoms with Crippen LogP contribution in [0.15, 0.2) is 30.3 Å². The average Bonchev–Trinajstić information content (AvgIpc) is 2.87. The van der Waals surface area contributed by atoms with E-state index in [0.29, 0.717) is 6.54 Å². The molecule has 0 saturated heterocycles. The Labute approximate surface area is 149 Å². The number of rotatable bonds is 5. The summed E-state index contributed by atoms with van der Waals surface area (Å²) in [6, 6.07) is 10.5. The summed E-state index contributed by atoms with van der Waals surface area (Å²) in [7, 11) is 0. The van der Waals surface area contributed by atoms with E-state index in [1.54, 1.807) is 0 Å². The van der Waals surface area contributed by atoms with E-state index in [1.165, 1.54) is 5.56 Å². The summed E-state index contributed by atoms with van der Waals surface area (Å²) < 4.78 is 2.02. The quantitative estimate of drug-likeness (QED) is 0.879. The number of amides is 1. The molecule has 0 radical (unpaired) electrons. The molecule has 0 aliphatic heterocycles. The Morgan fingerprint density at radius 3 is 2.76 bits per heavy atom. The molecule has 1 fully saturated rings. The van der Waals surface area contributed by atoms with Gasteiger partial charge >= 0.3 is 0 Å². The number of nitrogens with zero attached hydrogens (tertiary/aromatic N) is 2. The van der Waals surface area contributed by atoms with Gasteiger partial charge in [0.15, 0.2) is 0 Å². The number of aryl methyl sites for hydroxylation is 1. The molecule has 5 nitrogen and oxygen atoms in total. The van der Waals surface area contributed by atoms with Gasteiger partial charge in [0.25, 0.3) is 0 Å². The lowest BCUT2D eigenvalue weighted by atomic mass is 9.85. The van der Waals surface area contributed by atoms with E-state index >= 15 is 0 Å². The van der Waals surface area contributed by atoms with Crippen molar-refractivity contribution < 1.29 is 4.79 Å². The molecule has 1 heterocycles. The largest absolute Gasteiger partial charge is 0.352 e. The molecule has 1 aliphatic carbocycles. The average molecular weight is 340 g/mol. The zero-order chi connectivity index (χ0) is 17.8. The maximum Gasteiger partial charge on any atom is 0.223 e. The van der Waals surface area contributed by atoms with Gasteiger partial charge in [0.05, 0.1) is 12.2 Å². The van der Waals surface area contributed by atoms with Crippen LogP contribution in [-0.4, -0.2) is 21.7 Å². The normalized spacial score (nSPS) is 20.4. The molecule has 0 spiro atoms. The monoisotopic (exact) mass is 340 g/mol. The Morgan fingerprint density at radius 2 is 2.04 bits per heavy atom. The third-order valence-corrected chi connectivity index (χ3v) is 5.23. The lowest BCUT2D eigenvalue weighted by Gasteiger charge is -2.25. The smallest absolute Gasteiger partial charge is 0.223 e. The second-order valence-electron chi connectivity index (χ2n) is 7.13. The van der Waals surface area contributed by atoms with Crippen LogP contribution in [0.4, 0.5) is 0 Å². The van der Waals surface area contributed by atoms with Gasteiger partial charge in [0.2, 0.25) is 5.91 Å². The zero-order valence-electron chi connectivity index (χ0n) is 15.2. The molecule has 1 aromatic heterocycles. The summed E-state index contributed by atoms with van der Waals surface area (Å²) >= 11 is 0. The van der Waals surface area contributed by atoms with Crippen molar-refractivity contribution in [3.05, 3.63) is 52.8 Å². The summed E-state index contributed by atoms with van der Waals surface area (Å²) in [5, 5.41) is 7.75. The first-order valence-corrected chi connectivity index (χ1v) is 9.14. The Morgan fingerprint density at radius 1 is 1.28 bits per heavy atom. The van der Waals surface area contributed by atoms with Crippen molar-refractivity contribution in [1.29, 1.82) is 0 Å². The van der Waals surface area contributed by atoms with Crippen molar-refractivity contribution in [2.24, 2.45) is 11.7 Å². The van der Waals surface area contributed by atoms with Crippen LogP contribution in [0.3, 0.4) is 0 Å². The van der Waals surface area contributed by atoms with E-state index in [2.05, 4.69) is 29.5 Å². The van der Waals surface area contributed by atoms with E-state index in [0.717, 1.165) is 49.2 Å². The van der Waals surface area contributed by atoms with Crippen molar-refractivity contribution in [2.75, 3.05) is 0 Å². The number of nitrogens with two attached hydrogens (primary N) is 1. The molecule has 134 valence electrons. The molecule has 2 atom stereocenters. The molecule has 0 bridgehead atoms. The van der Waals surface area contributed by atoms with Crippen LogP contribution in [0.1, 0.15) is 48.2 Å². The molecule has 2 aromatic rings. The van der Waals surface area contributed by atoms with Gasteiger partial charge in [0, 0.05) is 29.8 Å². The first kappa shape index (κ1) is 17.7. The molecular formula is C20H28N4O. The first-order valence-electron chi connectivity index (χ1n) is 9.14. The van der Waals surface area contributed by atoms with Crippen molar-refractivity contribution in [3.8, 4) is 0 Å². The highest BCUT2D eigenvalue weighted by Crippen LogP contribution is 2.23. The number of aromatic nitrogens is 2. The van der Waals surface area contributed by atoms with E-state index in [-0.39, 0.29) is 17.9 Å². The van der Waals surface area contributed by atoms with Gasteiger partial charge in [-0.05, 0) is 38.7 Å². The van der Waals surface area contributed by atoms with Gasteiger partial charge < -0.3 is 11.1 Å². The number of hydrogen-bond donors (Lipinski definition) is 2. The van der Waals surface area contributed by atoms with Gasteiger partial charge in [-0.3, -0.25) is 9.48 Å². The molecule has 3 N–H and O–H groups in total. The van der Waals surface area contributed by atoms with E-state index in [9.17, 15) is 4.79 Å². The predicted molar refractivity (Wildman–Crippen MR) is 99.0 cm³/mol.